The first-order valence-corrected chi connectivity index (χ1v) is 12.0. The molecule has 4 nitrogen and oxygen atoms in total. The van der Waals surface area contributed by atoms with Crippen molar-refractivity contribution in [3.05, 3.63) is 91.8 Å². The standard InChI is InChI=1S/C24H16Cl3NO3S2/c1-30-20-8-5-14(9-21(20)31-13-15-6-7-17(26)12-19(15)27)10-22-23(29)28(24(32)33-22)18-4-2-3-16(25)11-18/h2-12H,13H2,1H3/b22-10+. The summed E-state index contributed by atoms with van der Waals surface area (Å²) in [5.74, 6) is 0.866. The number of amides is 1. The van der Waals surface area contributed by atoms with Crippen LogP contribution in [0.4, 0.5) is 5.69 Å². The summed E-state index contributed by atoms with van der Waals surface area (Å²) in [5.41, 5.74) is 2.18. The van der Waals surface area contributed by atoms with Gasteiger partial charge in [-0.05, 0) is 54.1 Å². The third kappa shape index (κ3) is 5.48. The van der Waals surface area contributed by atoms with Gasteiger partial charge in [-0.2, -0.15) is 0 Å². The Kier molecular flexibility index (Phi) is 7.51. The van der Waals surface area contributed by atoms with E-state index in [2.05, 4.69) is 0 Å². The zero-order chi connectivity index (χ0) is 23.5. The van der Waals surface area contributed by atoms with Crippen molar-refractivity contribution in [1.82, 2.24) is 0 Å². The maximum absolute atomic E-state index is 13.0. The maximum Gasteiger partial charge on any atom is 0.270 e. The van der Waals surface area contributed by atoms with Crippen LogP contribution >= 0.6 is 58.8 Å². The molecule has 1 aliphatic rings. The van der Waals surface area contributed by atoms with Crippen molar-refractivity contribution in [1.29, 1.82) is 0 Å². The molecule has 0 spiro atoms. The molecule has 0 radical (unpaired) electrons. The lowest BCUT2D eigenvalue weighted by Gasteiger charge is -2.14. The molecule has 33 heavy (non-hydrogen) atoms. The third-order valence-electron chi connectivity index (χ3n) is 4.74. The van der Waals surface area contributed by atoms with Crippen LogP contribution in [-0.4, -0.2) is 17.3 Å². The number of nitrogens with zero attached hydrogens (tertiary/aromatic N) is 1. The van der Waals surface area contributed by atoms with Crippen LogP contribution in [0.25, 0.3) is 6.08 Å². The Hall–Kier alpha value is -2.22. The lowest BCUT2D eigenvalue weighted by molar-refractivity contribution is -0.113. The van der Waals surface area contributed by atoms with E-state index >= 15 is 0 Å². The van der Waals surface area contributed by atoms with Crippen LogP contribution in [0.1, 0.15) is 11.1 Å². The number of benzene rings is 3. The number of thioether (sulfide) groups is 1. The fourth-order valence-corrected chi connectivity index (χ4v) is 5.09. The van der Waals surface area contributed by atoms with Gasteiger partial charge in [0.2, 0.25) is 0 Å². The predicted octanol–water partition coefficient (Wildman–Crippen LogP) is 7.64. The topological polar surface area (TPSA) is 38.8 Å². The van der Waals surface area contributed by atoms with Gasteiger partial charge < -0.3 is 9.47 Å². The highest BCUT2D eigenvalue weighted by molar-refractivity contribution is 8.27. The van der Waals surface area contributed by atoms with Crippen molar-refractivity contribution in [3.8, 4) is 11.5 Å². The fraction of sp³-hybridized carbons (Fsp3) is 0.0833. The zero-order valence-electron chi connectivity index (χ0n) is 17.2. The Bertz CT molecular complexity index is 1280. The highest BCUT2D eigenvalue weighted by atomic mass is 35.5. The first-order valence-electron chi connectivity index (χ1n) is 9.64. The van der Waals surface area contributed by atoms with E-state index in [0.717, 1.165) is 11.1 Å². The summed E-state index contributed by atoms with van der Waals surface area (Å²) in [5, 5.41) is 1.60. The molecule has 0 N–H and O–H groups in total. The monoisotopic (exact) mass is 535 g/mol. The first-order chi connectivity index (χ1) is 15.9. The Morgan fingerprint density at radius 1 is 1.00 bits per heavy atom. The minimum atomic E-state index is -0.210. The van der Waals surface area contributed by atoms with Gasteiger partial charge in [0.25, 0.3) is 5.91 Å². The summed E-state index contributed by atoms with van der Waals surface area (Å²) in [4.78, 5) is 15.0. The first kappa shape index (κ1) is 23.9. The van der Waals surface area contributed by atoms with Crippen LogP contribution in [0.2, 0.25) is 15.1 Å². The number of rotatable bonds is 6. The number of anilines is 1. The minimum Gasteiger partial charge on any atom is -0.493 e. The predicted molar refractivity (Wildman–Crippen MR) is 141 cm³/mol. The van der Waals surface area contributed by atoms with Crippen molar-refractivity contribution in [2.75, 3.05) is 12.0 Å². The molecule has 1 amide bonds. The van der Waals surface area contributed by atoms with Gasteiger partial charge >= 0.3 is 0 Å². The van der Waals surface area contributed by atoms with E-state index in [0.29, 0.717) is 41.5 Å². The normalized spacial score (nSPS) is 14.8. The van der Waals surface area contributed by atoms with Crippen LogP contribution in [0.5, 0.6) is 11.5 Å². The van der Waals surface area contributed by atoms with Gasteiger partial charge in [0.05, 0.1) is 17.7 Å². The van der Waals surface area contributed by atoms with Crippen molar-refractivity contribution >= 4 is 80.8 Å². The molecular weight excluding hydrogens is 521 g/mol. The molecule has 3 aromatic rings. The van der Waals surface area contributed by atoms with E-state index in [9.17, 15) is 4.79 Å². The maximum atomic E-state index is 13.0. The molecule has 168 valence electrons. The molecule has 1 heterocycles. The minimum absolute atomic E-state index is 0.210. The van der Waals surface area contributed by atoms with Crippen LogP contribution in [0.15, 0.2) is 65.6 Å². The summed E-state index contributed by atoms with van der Waals surface area (Å²) < 4.78 is 11.8. The van der Waals surface area contributed by atoms with E-state index in [1.807, 2.05) is 12.1 Å². The molecule has 0 aliphatic carbocycles. The lowest BCUT2D eigenvalue weighted by atomic mass is 10.1. The molecule has 1 saturated heterocycles. The van der Waals surface area contributed by atoms with Gasteiger partial charge in [-0.3, -0.25) is 9.69 Å². The van der Waals surface area contributed by atoms with E-state index < -0.39 is 0 Å². The van der Waals surface area contributed by atoms with E-state index in [4.69, 9.17) is 56.5 Å². The second-order valence-electron chi connectivity index (χ2n) is 6.93. The van der Waals surface area contributed by atoms with Crippen molar-refractivity contribution in [3.63, 3.8) is 0 Å². The number of carbonyl (C=O) groups excluding carboxylic acids is 1. The number of hydrogen-bond acceptors (Lipinski definition) is 5. The summed E-state index contributed by atoms with van der Waals surface area (Å²) in [6, 6.07) is 17.7. The summed E-state index contributed by atoms with van der Waals surface area (Å²) >= 11 is 25.0. The number of thiocarbonyl (C=S) groups is 1. The van der Waals surface area contributed by atoms with Gasteiger partial charge in [-0.15, -0.1) is 0 Å². The molecule has 0 unspecified atom stereocenters. The van der Waals surface area contributed by atoms with E-state index in [-0.39, 0.29) is 12.5 Å². The average Bonchev–Trinajstić information content (AvgIpc) is 3.06. The van der Waals surface area contributed by atoms with E-state index in [1.165, 1.54) is 16.7 Å². The molecule has 0 bridgehead atoms. The molecule has 1 aliphatic heterocycles. The summed E-state index contributed by atoms with van der Waals surface area (Å²) in [7, 11) is 1.56. The van der Waals surface area contributed by atoms with Gasteiger partial charge in [0, 0.05) is 20.6 Å². The Morgan fingerprint density at radius 2 is 1.79 bits per heavy atom. The highest BCUT2D eigenvalue weighted by Gasteiger charge is 2.33. The second-order valence-corrected chi connectivity index (χ2v) is 9.89. The second kappa shape index (κ2) is 10.4. The van der Waals surface area contributed by atoms with Crippen LogP contribution in [0, 0.1) is 0 Å². The SMILES string of the molecule is COc1ccc(/C=C2/SC(=S)N(c3cccc(Cl)c3)C2=O)cc1OCc1ccc(Cl)cc1Cl. The Balaban J connectivity index is 1.58. The highest BCUT2D eigenvalue weighted by Crippen LogP contribution is 2.38. The van der Waals surface area contributed by atoms with Crippen LogP contribution in [0.3, 0.4) is 0 Å². The number of halogens is 3. The zero-order valence-corrected chi connectivity index (χ0v) is 21.1. The number of hydrogen-bond donors (Lipinski definition) is 0. The van der Waals surface area contributed by atoms with Crippen molar-refractivity contribution in [2.45, 2.75) is 6.61 Å². The summed E-state index contributed by atoms with van der Waals surface area (Å²) in [6.07, 6.45) is 1.77. The Labute approximate surface area is 216 Å². The van der Waals surface area contributed by atoms with Crippen molar-refractivity contribution in [2.24, 2.45) is 0 Å². The molecule has 0 saturated carbocycles. The molecule has 0 atom stereocenters. The lowest BCUT2D eigenvalue weighted by Crippen LogP contribution is -2.27. The van der Waals surface area contributed by atoms with Gasteiger partial charge in [0.15, 0.2) is 15.8 Å². The van der Waals surface area contributed by atoms with Crippen molar-refractivity contribution < 1.29 is 14.3 Å². The summed E-state index contributed by atoms with van der Waals surface area (Å²) in [6.45, 7) is 0.229. The van der Waals surface area contributed by atoms with Gasteiger partial charge in [-0.25, -0.2) is 0 Å². The number of ether oxygens (including phenoxy) is 2. The largest absolute Gasteiger partial charge is 0.493 e. The van der Waals surface area contributed by atoms with Gasteiger partial charge in [-0.1, -0.05) is 77.0 Å². The number of carbonyl (C=O) groups is 1. The molecule has 0 aromatic heterocycles. The molecule has 1 fully saturated rings. The quantitative estimate of drug-likeness (QED) is 0.239. The smallest absolute Gasteiger partial charge is 0.270 e. The molecular formula is C24H16Cl3NO3S2. The molecule has 9 heteroatoms. The third-order valence-corrected chi connectivity index (χ3v) is 6.87. The average molecular weight is 537 g/mol. The number of methoxy groups -OCH3 is 1. The fourth-order valence-electron chi connectivity index (χ4n) is 3.15. The van der Waals surface area contributed by atoms with Crippen LogP contribution in [-0.2, 0) is 11.4 Å². The van der Waals surface area contributed by atoms with Gasteiger partial charge in [0.1, 0.15) is 6.61 Å². The Morgan fingerprint density at radius 3 is 2.52 bits per heavy atom. The van der Waals surface area contributed by atoms with Crippen LogP contribution < -0.4 is 14.4 Å². The molecule has 4 rings (SSSR count). The van der Waals surface area contributed by atoms with E-state index in [1.54, 1.807) is 61.7 Å². The molecule has 3 aromatic carbocycles.